The lowest BCUT2D eigenvalue weighted by Crippen LogP contribution is -1.76. The molecule has 0 bridgehead atoms. The third-order valence-electron chi connectivity index (χ3n) is 1.63. The number of hydrogen-bond donors (Lipinski definition) is 0. The number of rotatable bonds is 2. The summed E-state index contributed by atoms with van der Waals surface area (Å²) in [5.74, 6) is 0. The van der Waals surface area contributed by atoms with E-state index in [-0.39, 0.29) is 0 Å². The first kappa shape index (κ1) is 9.96. The number of aromatic nitrogens is 2. The van der Waals surface area contributed by atoms with E-state index in [0.29, 0.717) is 5.15 Å². The molecule has 14 heavy (non-hydrogen) atoms. The summed E-state index contributed by atoms with van der Waals surface area (Å²) in [4.78, 5) is 1.14. The van der Waals surface area contributed by atoms with Crippen molar-refractivity contribution in [3.8, 4) is 0 Å². The number of nitrogens with zero attached hydrogens (tertiary/aromatic N) is 2. The minimum absolute atomic E-state index is 0.488. The van der Waals surface area contributed by atoms with Crippen molar-refractivity contribution in [2.24, 2.45) is 0 Å². The van der Waals surface area contributed by atoms with Crippen LogP contribution >= 0.6 is 35.1 Å². The van der Waals surface area contributed by atoms with E-state index >= 15 is 0 Å². The Labute approximate surface area is 95.6 Å². The lowest BCUT2D eigenvalue weighted by atomic mass is 10.2. The molecule has 1 heterocycles. The third kappa shape index (κ3) is 2.26. The van der Waals surface area contributed by atoms with Gasteiger partial charge in [0.15, 0.2) is 10.2 Å². The summed E-state index contributed by atoms with van der Waals surface area (Å²) in [6, 6.07) is 8.21. The van der Waals surface area contributed by atoms with Gasteiger partial charge in [-0.05, 0) is 19.1 Å². The van der Waals surface area contributed by atoms with Crippen molar-refractivity contribution in [3.63, 3.8) is 0 Å². The number of aryl methyl sites for hydroxylation is 1. The molecule has 1 aromatic carbocycles. The van der Waals surface area contributed by atoms with Crippen LogP contribution in [0, 0.1) is 6.92 Å². The van der Waals surface area contributed by atoms with E-state index in [2.05, 4.69) is 27.8 Å². The lowest BCUT2D eigenvalue weighted by Gasteiger charge is -1.98. The Hall–Kier alpha value is -0.580. The monoisotopic (exact) mass is 242 g/mol. The van der Waals surface area contributed by atoms with Gasteiger partial charge in [-0.1, -0.05) is 41.1 Å². The van der Waals surface area contributed by atoms with Crippen LogP contribution in [0.15, 0.2) is 34.2 Å². The Morgan fingerprint density at radius 1 is 1.36 bits per heavy atom. The Bertz CT molecular complexity index is 442. The van der Waals surface area contributed by atoms with E-state index in [4.69, 9.17) is 11.6 Å². The summed E-state index contributed by atoms with van der Waals surface area (Å²) in [6.45, 7) is 2.06. The first-order valence-electron chi connectivity index (χ1n) is 3.98. The van der Waals surface area contributed by atoms with Gasteiger partial charge in [0.1, 0.15) is 0 Å². The molecule has 0 unspecified atom stereocenters. The fourth-order valence-electron chi connectivity index (χ4n) is 1.02. The summed E-state index contributed by atoms with van der Waals surface area (Å²) >= 11 is 8.52. The van der Waals surface area contributed by atoms with Gasteiger partial charge in [0, 0.05) is 4.90 Å². The zero-order valence-electron chi connectivity index (χ0n) is 7.40. The summed E-state index contributed by atoms with van der Waals surface area (Å²) in [5, 5.41) is 1.27. The first-order chi connectivity index (χ1) is 6.75. The highest BCUT2D eigenvalue weighted by Gasteiger charge is 2.06. The number of halogens is 1. The van der Waals surface area contributed by atoms with E-state index in [1.807, 2.05) is 12.1 Å². The Kier molecular flexibility index (Phi) is 3.05. The molecule has 0 fully saturated rings. The van der Waals surface area contributed by atoms with Gasteiger partial charge in [0.05, 0.1) is 11.7 Å². The van der Waals surface area contributed by atoms with E-state index in [1.54, 1.807) is 0 Å². The van der Waals surface area contributed by atoms with Crippen LogP contribution in [0.4, 0.5) is 0 Å². The normalized spacial score (nSPS) is 10.4. The van der Waals surface area contributed by atoms with Crippen LogP contribution in [0.3, 0.4) is 0 Å². The maximum atomic E-state index is 5.85. The van der Waals surface area contributed by atoms with Crippen LogP contribution in [-0.2, 0) is 0 Å². The molecule has 2 nitrogen and oxygen atoms in total. The molecule has 1 aromatic heterocycles. The molecule has 72 valence electrons. The lowest BCUT2D eigenvalue weighted by molar-refractivity contribution is 1.25. The molecule has 0 N–H and O–H groups in total. The molecule has 0 amide bonds. The van der Waals surface area contributed by atoms with Gasteiger partial charge in [-0.3, -0.25) is 0 Å². The summed E-state index contributed by atoms with van der Waals surface area (Å²) in [5.41, 5.74) is 1.23. The van der Waals surface area contributed by atoms with E-state index in [0.717, 1.165) is 21.6 Å². The van der Waals surface area contributed by atoms with Gasteiger partial charge in [-0.2, -0.15) is 8.75 Å². The summed E-state index contributed by atoms with van der Waals surface area (Å²) in [6.07, 6.45) is 0. The molecule has 0 spiro atoms. The molecule has 0 atom stereocenters. The number of hydrogen-bond acceptors (Lipinski definition) is 4. The highest BCUT2D eigenvalue weighted by atomic mass is 35.5. The average Bonchev–Trinajstić information content (AvgIpc) is 2.52. The zero-order chi connectivity index (χ0) is 9.97. The summed E-state index contributed by atoms with van der Waals surface area (Å²) < 4.78 is 8.01. The van der Waals surface area contributed by atoms with Crippen molar-refractivity contribution in [2.45, 2.75) is 16.8 Å². The van der Waals surface area contributed by atoms with Crippen LogP contribution < -0.4 is 0 Å². The molecule has 0 saturated carbocycles. The minimum atomic E-state index is 0.488. The van der Waals surface area contributed by atoms with Gasteiger partial charge >= 0.3 is 0 Å². The van der Waals surface area contributed by atoms with Crippen LogP contribution in [0.5, 0.6) is 0 Å². The molecule has 0 aliphatic heterocycles. The fraction of sp³-hybridized carbons (Fsp3) is 0.111. The predicted octanol–water partition coefficient (Wildman–Crippen LogP) is 3.65. The Morgan fingerprint density at radius 2 is 2.21 bits per heavy atom. The van der Waals surface area contributed by atoms with Crippen molar-refractivity contribution in [3.05, 3.63) is 35.0 Å². The molecular formula is C9H7ClN2S2. The molecule has 2 rings (SSSR count). The van der Waals surface area contributed by atoms with E-state index in [1.165, 1.54) is 17.3 Å². The molecule has 2 aromatic rings. The minimum Gasteiger partial charge on any atom is -0.164 e. The quantitative estimate of drug-likeness (QED) is 0.804. The van der Waals surface area contributed by atoms with Gasteiger partial charge in [0.25, 0.3) is 0 Å². The second-order valence-corrected chi connectivity index (χ2v) is 4.73. The maximum absolute atomic E-state index is 5.85. The van der Waals surface area contributed by atoms with Crippen LogP contribution in [0.2, 0.25) is 5.15 Å². The maximum Gasteiger partial charge on any atom is 0.177 e. The first-order valence-corrected chi connectivity index (χ1v) is 5.91. The predicted molar refractivity (Wildman–Crippen MR) is 60.2 cm³/mol. The van der Waals surface area contributed by atoms with Crippen molar-refractivity contribution in [1.29, 1.82) is 0 Å². The molecule has 0 saturated heterocycles. The van der Waals surface area contributed by atoms with Crippen molar-refractivity contribution in [1.82, 2.24) is 8.75 Å². The van der Waals surface area contributed by atoms with Gasteiger partial charge in [-0.25, -0.2) is 0 Å². The Morgan fingerprint density at radius 3 is 2.86 bits per heavy atom. The van der Waals surface area contributed by atoms with Crippen LogP contribution in [-0.4, -0.2) is 8.75 Å². The van der Waals surface area contributed by atoms with Crippen molar-refractivity contribution >= 4 is 35.1 Å². The highest BCUT2D eigenvalue weighted by molar-refractivity contribution is 7.99. The standard InChI is InChI=1S/C9H7ClN2S2/c1-6-3-2-4-7(5-6)13-9-8(10)11-14-12-9/h2-5H,1H3. The van der Waals surface area contributed by atoms with Gasteiger partial charge in [-0.15, -0.1) is 0 Å². The van der Waals surface area contributed by atoms with Crippen LogP contribution in [0.1, 0.15) is 5.56 Å². The molecule has 5 heteroatoms. The SMILES string of the molecule is Cc1cccc(Sc2nsnc2Cl)c1. The van der Waals surface area contributed by atoms with E-state index < -0.39 is 0 Å². The smallest absolute Gasteiger partial charge is 0.164 e. The largest absolute Gasteiger partial charge is 0.177 e. The van der Waals surface area contributed by atoms with Crippen molar-refractivity contribution in [2.75, 3.05) is 0 Å². The second-order valence-electron chi connectivity index (χ2n) is 2.78. The fourth-order valence-corrected chi connectivity index (χ4v) is 2.73. The molecule has 0 radical (unpaired) electrons. The highest BCUT2D eigenvalue weighted by Crippen LogP contribution is 2.31. The molecule has 0 aliphatic rings. The topological polar surface area (TPSA) is 25.8 Å². The van der Waals surface area contributed by atoms with Crippen molar-refractivity contribution < 1.29 is 0 Å². The van der Waals surface area contributed by atoms with Gasteiger partial charge in [0.2, 0.25) is 0 Å². The zero-order valence-corrected chi connectivity index (χ0v) is 9.79. The average molecular weight is 243 g/mol. The number of benzene rings is 1. The van der Waals surface area contributed by atoms with Gasteiger partial charge < -0.3 is 0 Å². The second kappa shape index (κ2) is 4.29. The third-order valence-corrected chi connectivity index (χ3v) is 3.71. The Balaban J connectivity index is 2.23. The van der Waals surface area contributed by atoms with Crippen LogP contribution in [0.25, 0.3) is 0 Å². The summed E-state index contributed by atoms with van der Waals surface area (Å²) in [7, 11) is 0. The molecular weight excluding hydrogens is 236 g/mol. The molecule has 0 aliphatic carbocycles. The van der Waals surface area contributed by atoms with E-state index in [9.17, 15) is 0 Å².